The monoisotopic (exact) mass is 372 g/mol. The molecule has 0 fully saturated rings. The summed E-state index contributed by atoms with van der Waals surface area (Å²) < 4.78 is 0.700. The summed E-state index contributed by atoms with van der Waals surface area (Å²) in [4.78, 5) is 11.7. The molecular formula is C12H9IN2O2S. The van der Waals surface area contributed by atoms with E-state index in [-0.39, 0.29) is 11.7 Å². The maximum atomic E-state index is 11.7. The number of carbonyl (C=O) groups excluding carboxylic acids is 1. The predicted octanol–water partition coefficient (Wildman–Crippen LogP) is 2.82. The molecule has 0 radical (unpaired) electrons. The molecule has 6 heteroatoms. The first-order valence-corrected chi connectivity index (χ1v) is 7.03. The minimum atomic E-state index is -0.354. The molecule has 0 bridgehead atoms. The summed E-state index contributed by atoms with van der Waals surface area (Å²) in [6.45, 7) is 0. The van der Waals surface area contributed by atoms with Crippen molar-refractivity contribution < 1.29 is 9.90 Å². The van der Waals surface area contributed by atoms with Crippen LogP contribution in [0.2, 0.25) is 0 Å². The van der Waals surface area contributed by atoms with Gasteiger partial charge in [-0.1, -0.05) is 0 Å². The van der Waals surface area contributed by atoms with Crippen molar-refractivity contribution in [1.82, 2.24) is 5.43 Å². The number of halogens is 1. The Balaban J connectivity index is 2.01. The van der Waals surface area contributed by atoms with E-state index >= 15 is 0 Å². The molecule has 0 spiro atoms. The Hall–Kier alpha value is -1.41. The van der Waals surface area contributed by atoms with Gasteiger partial charge in [-0.15, -0.1) is 0 Å². The summed E-state index contributed by atoms with van der Waals surface area (Å²) in [6, 6.07) is 6.62. The highest BCUT2D eigenvalue weighted by atomic mass is 127. The van der Waals surface area contributed by atoms with E-state index in [0.29, 0.717) is 9.13 Å². The van der Waals surface area contributed by atoms with Crippen LogP contribution in [0.25, 0.3) is 0 Å². The highest BCUT2D eigenvalue weighted by Crippen LogP contribution is 2.20. The topological polar surface area (TPSA) is 61.7 Å². The van der Waals surface area contributed by atoms with Crippen LogP contribution in [-0.2, 0) is 0 Å². The average molecular weight is 372 g/mol. The summed E-state index contributed by atoms with van der Waals surface area (Å²) in [7, 11) is 0. The first kappa shape index (κ1) is 13.0. The molecule has 0 saturated carbocycles. The van der Waals surface area contributed by atoms with Crippen molar-refractivity contribution in [2.45, 2.75) is 0 Å². The Labute approximate surface area is 121 Å². The van der Waals surface area contributed by atoms with Gasteiger partial charge in [-0.3, -0.25) is 4.79 Å². The fraction of sp³-hybridized carbons (Fsp3) is 0. The number of carbonyl (C=O) groups is 1. The van der Waals surface area contributed by atoms with Gasteiger partial charge < -0.3 is 5.11 Å². The van der Waals surface area contributed by atoms with Crippen molar-refractivity contribution in [3.8, 4) is 5.75 Å². The average Bonchev–Trinajstić information content (AvgIpc) is 2.85. The van der Waals surface area contributed by atoms with E-state index in [1.807, 2.05) is 39.4 Å². The van der Waals surface area contributed by atoms with Crippen LogP contribution >= 0.6 is 33.9 Å². The van der Waals surface area contributed by atoms with Crippen LogP contribution in [0, 0.1) is 3.57 Å². The van der Waals surface area contributed by atoms with Gasteiger partial charge in [0.1, 0.15) is 5.75 Å². The summed E-state index contributed by atoms with van der Waals surface area (Å²) in [5.41, 5.74) is 3.71. The second-order valence-corrected chi connectivity index (χ2v) is 5.36. The van der Waals surface area contributed by atoms with Crippen LogP contribution in [-0.4, -0.2) is 17.2 Å². The molecular weight excluding hydrogens is 363 g/mol. The summed E-state index contributed by atoms with van der Waals surface area (Å²) in [5.74, 6) is -0.266. The smallest absolute Gasteiger partial charge is 0.271 e. The number of hydrogen-bond acceptors (Lipinski definition) is 4. The van der Waals surface area contributed by atoms with E-state index in [1.165, 1.54) is 6.07 Å². The lowest BCUT2D eigenvalue weighted by atomic mass is 10.2. The molecule has 2 rings (SSSR count). The number of nitrogens with zero attached hydrogens (tertiary/aromatic N) is 1. The Morgan fingerprint density at radius 3 is 2.94 bits per heavy atom. The van der Waals surface area contributed by atoms with Gasteiger partial charge in [-0.2, -0.15) is 16.4 Å². The molecule has 2 aromatic rings. The maximum Gasteiger partial charge on any atom is 0.271 e. The van der Waals surface area contributed by atoms with Crippen molar-refractivity contribution in [1.29, 1.82) is 0 Å². The van der Waals surface area contributed by atoms with Gasteiger partial charge in [0, 0.05) is 11.1 Å². The Morgan fingerprint density at radius 1 is 1.44 bits per heavy atom. The van der Waals surface area contributed by atoms with E-state index in [2.05, 4.69) is 10.5 Å². The molecule has 1 aromatic carbocycles. The summed E-state index contributed by atoms with van der Waals surface area (Å²) in [6.07, 6.45) is 1.57. The SMILES string of the molecule is O=C(N/N=C\c1ccsc1)c1ccc(I)c(O)c1. The first-order chi connectivity index (χ1) is 8.66. The van der Waals surface area contributed by atoms with Gasteiger partial charge in [0.2, 0.25) is 0 Å². The summed E-state index contributed by atoms with van der Waals surface area (Å²) in [5, 5.41) is 17.2. The molecule has 92 valence electrons. The van der Waals surface area contributed by atoms with Crippen LogP contribution in [0.3, 0.4) is 0 Å². The van der Waals surface area contributed by atoms with Gasteiger partial charge >= 0.3 is 0 Å². The molecule has 0 atom stereocenters. The van der Waals surface area contributed by atoms with Crippen LogP contribution in [0.4, 0.5) is 0 Å². The van der Waals surface area contributed by atoms with Crippen molar-refractivity contribution in [2.24, 2.45) is 5.10 Å². The minimum absolute atomic E-state index is 0.0880. The molecule has 4 nitrogen and oxygen atoms in total. The number of phenols is 1. The zero-order chi connectivity index (χ0) is 13.0. The lowest BCUT2D eigenvalue weighted by molar-refractivity contribution is 0.0954. The Kier molecular flexibility index (Phi) is 4.32. The highest BCUT2D eigenvalue weighted by Gasteiger charge is 2.06. The first-order valence-electron chi connectivity index (χ1n) is 5.01. The van der Waals surface area contributed by atoms with Crippen LogP contribution < -0.4 is 5.43 Å². The van der Waals surface area contributed by atoms with E-state index in [0.717, 1.165) is 5.56 Å². The van der Waals surface area contributed by atoms with Crippen molar-refractivity contribution in [2.75, 3.05) is 0 Å². The molecule has 1 aromatic heterocycles. The number of nitrogens with one attached hydrogen (secondary N) is 1. The molecule has 1 heterocycles. The molecule has 18 heavy (non-hydrogen) atoms. The minimum Gasteiger partial charge on any atom is -0.507 e. The lowest BCUT2D eigenvalue weighted by Gasteiger charge is -2.01. The molecule has 0 aliphatic carbocycles. The number of rotatable bonds is 3. The maximum absolute atomic E-state index is 11.7. The molecule has 0 saturated heterocycles. The third kappa shape index (κ3) is 3.30. The fourth-order valence-corrected chi connectivity index (χ4v) is 2.18. The Bertz CT molecular complexity index is 582. The molecule has 1 amide bonds. The third-order valence-corrected chi connectivity index (χ3v) is 3.74. The van der Waals surface area contributed by atoms with Crippen molar-refractivity contribution in [3.05, 3.63) is 49.7 Å². The second kappa shape index (κ2) is 5.96. The standard InChI is InChI=1S/C12H9IN2O2S/c13-10-2-1-9(5-11(10)16)12(17)15-14-6-8-3-4-18-7-8/h1-7,16H,(H,15,17)/b14-6-. The van der Waals surface area contributed by atoms with Crippen LogP contribution in [0.5, 0.6) is 5.75 Å². The third-order valence-electron chi connectivity index (χ3n) is 2.13. The van der Waals surface area contributed by atoms with E-state index in [1.54, 1.807) is 29.7 Å². The zero-order valence-corrected chi connectivity index (χ0v) is 12.1. The number of thiophene rings is 1. The number of benzene rings is 1. The largest absolute Gasteiger partial charge is 0.507 e. The van der Waals surface area contributed by atoms with E-state index < -0.39 is 0 Å². The fourth-order valence-electron chi connectivity index (χ4n) is 1.23. The number of aromatic hydroxyl groups is 1. The van der Waals surface area contributed by atoms with Crippen LogP contribution in [0.15, 0.2) is 40.1 Å². The quantitative estimate of drug-likeness (QED) is 0.495. The van der Waals surface area contributed by atoms with E-state index in [9.17, 15) is 9.90 Å². The van der Waals surface area contributed by atoms with Gasteiger partial charge in [0.05, 0.1) is 9.78 Å². The molecule has 0 aliphatic rings. The van der Waals surface area contributed by atoms with Gasteiger partial charge in [-0.05, 0) is 57.6 Å². The number of hydrogen-bond donors (Lipinski definition) is 2. The number of hydrazone groups is 1. The predicted molar refractivity (Wildman–Crippen MR) is 80.2 cm³/mol. The molecule has 2 N–H and O–H groups in total. The zero-order valence-electron chi connectivity index (χ0n) is 9.13. The van der Waals surface area contributed by atoms with Crippen molar-refractivity contribution in [3.63, 3.8) is 0 Å². The highest BCUT2D eigenvalue weighted by molar-refractivity contribution is 14.1. The second-order valence-electron chi connectivity index (χ2n) is 3.42. The summed E-state index contributed by atoms with van der Waals surface area (Å²) >= 11 is 3.55. The normalized spacial score (nSPS) is 10.7. The van der Waals surface area contributed by atoms with Crippen molar-refractivity contribution >= 4 is 46.0 Å². The van der Waals surface area contributed by atoms with Gasteiger partial charge in [0.25, 0.3) is 5.91 Å². The number of phenolic OH excluding ortho intramolecular Hbond substituents is 1. The Morgan fingerprint density at radius 2 is 2.28 bits per heavy atom. The van der Waals surface area contributed by atoms with Gasteiger partial charge in [-0.25, -0.2) is 5.43 Å². The van der Waals surface area contributed by atoms with Gasteiger partial charge in [0.15, 0.2) is 0 Å². The molecule has 0 unspecified atom stereocenters. The number of amides is 1. The van der Waals surface area contributed by atoms with Crippen LogP contribution in [0.1, 0.15) is 15.9 Å². The lowest BCUT2D eigenvalue weighted by Crippen LogP contribution is -2.17. The van der Waals surface area contributed by atoms with E-state index in [4.69, 9.17) is 0 Å². The molecule has 0 aliphatic heterocycles.